The van der Waals surface area contributed by atoms with Crippen LogP contribution in [0.3, 0.4) is 0 Å². The highest BCUT2D eigenvalue weighted by molar-refractivity contribution is 7.22. The summed E-state index contributed by atoms with van der Waals surface area (Å²) in [4.78, 5) is 41.0. The average molecular weight is 470 g/mol. The van der Waals surface area contributed by atoms with E-state index in [0.29, 0.717) is 34.1 Å². The minimum atomic E-state index is -0.615. The first-order chi connectivity index (χ1) is 15.5. The van der Waals surface area contributed by atoms with Gasteiger partial charge in [0.1, 0.15) is 5.60 Å². The molecule has 2 aromatic carbocycles. The van der Waals surface area contributed by atoms with Crippen molar-refractivity contribution < 1.29 is 19.1 Å². The zero-order chi connectivity index (χ0) is 24.2. The number of ether oxygens (including phenoxy) is 1. The minimum absolute atomic E-state index is 0.305. The van der Waals surface area contributed by atoms with E-state index in [4.69, 9.17) is 4.74 Å². The van der Waals surface area contributed by atoms with E-state index in [1.54, 1.807) is 57.2 Å². The van der Waals surface area contributed by atoms with Gasteiger partial charge in [0.15, 0.2) is 5.13 Å². The molecular formula is C23H27N5O4S. The molecule has 10 heteroatoms. The highest BCUT2D eigenvalue weighted by atomic mass is 32.1. The molecule has 0 saturated heterocycles. The molecule has 0 saturated carbocycles. The Labute approximate surface area is 195 Å². The fraction of sp³-hybridized carbons (Fsp3) is 0.304. The number of urea groups is 1. The van der Waals surface area contributed by atoms with Gasteiger partial charge in [0.05, 0.1) is 10.2 Å². The molecule has 174 valence electrons. The summed E-state index contributed by atoms with van der Waals surface area (Å²) in [5.41, 5.74) is 2.42. The monoisotopic (exact) mass is 469 g/mol. The molecule has 0 aliphatic rings. The SMILES string of the molecule is CCNC(=O)Nc1nc2ccc(C(=O)Nc3cc(NC(=O)OC(C)(C)C)ccc3C)cc2s1. The molecule has 1 heterocycles. The fourth-order valence-corrected chi connectivity index (χ4v) is 3.77. The number of hydrogen-bond donors (Lipinski definition) is 4. The molecule has 3 rings (SSSR count). The van der Waals surface area contributed by atoms with E-state index in [9.17, 15) is 14.4 Å². The fourth-order valence-electron chi connectivity index (χ4n) is 2.87. The third-order valence-corrected chi connectivity index (χ3v) is 5.27. The second kappa shape index (κ2) is 9.86. The number of thiazole rings is 1. The number of nitrogens with zero attached hydrogens (tertiary/aromatic N) is 1. The number of aryl methyl sites for hydroxylation is 1. The third-order valence-electron chi connectivity index (χ3n) is 4.34. The first-order valence-corrected chi connectivity index (χ1v) is 11.2. The van der Waals surface area contributed by atoms with E-state index < -0.39 is 11.7 Å². The van der Waals surface area contributed by atoms with E-state index in [-0.39, 0.29) is 11.9 Å². The second-order valence-corrected chi connectivity index (χ2v) is 9.33. The molecule has 0 atom stereocenters. The lowest BCUT2D eigenvalue weighted by molar-refractivity contribution is 0.0635. The van der Waals surface area contributed by atoms with Crippen LogP contribution in [0.2, 0.25) is 0 Å². The number of rotatable bonds is 5. The van der Waals surface area contributed by atoms with Crippen molar-refractivity contribution in [2.24, 2.45) is 0 Å². The van der Waals surface area contributed by atoms with E-state index >= 15 is 0 Å². The van der Waals surface area contributed by atoms with Crippen LogP contribution in [0.1, 0.15) is 43.6 Å². The lowest BCUT2D eigenvalue weighted by Crippen LogP contribution is -2.28. The van der Waals surface area contributed by atoms with Crippen molar-refractivity contribution in [1.29, 1.82) is 0 Å². The summed E-state index contributed by atoms with van der Waals surface area (Å²) in [6, 6.07) is 10.0. The van der Waals surface area contributed by atoms with Gasteiger partial charge in [-0.25, -0.2) is 14.6 Å². The van der Waals surface area contributed by atoms with Crippen LogP contribution in [-0.2, 0) is 4.74 Å². The van der Waals surface area contributed by atoms with Gasteiger partial charge in [0, 0.05) is 23.5 Å². The van der Waals surface area contributed by atoms with Gasteiger partial charge in [0.2, 0.25) is 0 Å². The van der Waals surface area contributed by atoms with Gasteiger partial charge in [-0.15, -0.1) is 0 Å². The van der Waals surface area contributed by atoms with Crippen molar-refractivity contribution in [3.63, 3.8) is 0 Å². The summed E-state index contributed by atoms with van der Waals surface area (Å²) in [5, 5.41) is 11.3. The predicted molar refractivity (Wildman–Crippen MR) is 131 cm³/mol. The largest absolute Gasteiger partial charge is 0.444 e. The smallest absolute Gasteiger partial charge is 0.412 e. The zero-order valence-corrected chi connectivity index (χ0v) is 20.0. The van der Waals surface area contributed by atoms with Crippen LogP contribution in [0.5, 0.6) is 0 Å². The lowest BCUT2D eigenvalue weighted by atomic mass is 10.1. The molecule has 33 heavy (non-hydrogen) atoms. The Balaban J connectivity index is 1.73. The molecule has 0 radical (unpaired) electrons. The van der Waals surface area contributed by atoms with Crippen molar-refractivity contribution in [3.05, 3.63) is 47.5 Å². The van der Waals surface area contributed by atoms with Gasteiger partial charge < -0.3 is 15.4 Å². The Hall–Kier alpha value is -3.66. The summed E-state index contributed by atoms with van der Waals surface area (Å²) in [5.74, 6) is -0.305. The van der Waals surface area contributed by atoms with Crippen LogP contribution in [0.15, 0.2) is 36.4 Å². The van der Waals surface area contributed by atoms with Gasteiger partial charge in [-0.05, 0) is 70.5 Å². The first-order valence-electron chi connectivity index (χ1n) is 10.4. The van der Waals surface area contributed by atoms with Crippen LogP contribution in [0.4, 0.5) is 26.1 Å². The standard InChI is InChI=1S/C23H27N5O4S/c1-6-24-20(30)28-21-27-16-10-8-14(11-18(16)33-21)19(29)26-17-12-15(9-7-13(17)2)25-22(31)32-23(3,4)5/h7-12H,6H2,1-5H3,(H,25,31)(H,26,29)(H2,24,27,28,30). The van der Waals surface area contributed by atoms with Crippen molar-refractivity contribution >= 4 is 56.1 Å². The summed E-state index contributed by atoms with van der Waals surface area (Å²) in [6.07, 6.45) is -0.573. The number of fused-ring (bicyclic) bond motifs is 1. The third kappa shape index (κ3) is 6.66. The van der Waals surface area contributed by atoms with E-state index in [2.05, 4.69) is 26.3 Å². The molecule has 0 aliphatic carbocycles. The molecule has 9 nitrogen and oxygen atoms in total. The molecule has 4 N–H and O–H groups in total. The van der Waals surface area contributed by atoms with Gasteiger partial charge in [-0.2, -0.15) is 0 Å². The summed E-state index contributed by atoms with van der Waals surface area (Å²) in [6.45, 7) is 9.55. The maximum Gasteiger partial charge on any atom is 0.412 e. The predicted octanol–water partition coefficient (Wildman–Crippen LogP) is 5.35. The van der Waals surface area contributed by atoms with E-state index in [1.165, 1.54) is 11.3 Å². The molecule has 0 bridgehead atoms. The number of carbonyl (C=O) groups is 3. The van der Waals surface area contributed by atoms with Gasteiger partial charge in [-0.1, -0.05) is 17.4 Å². The average Bonchev–Trinajstić information content (AvgIpc) is 3.10. The van der Waals surface area contributed by atoms with Crippen molar-refractivity contribution in [3.8, 4) is 0 Å². The van der Waals surface area contributed by atoms with Crippen molar-refractivity contribution in [1.82, 2.24) is 10.3 Å². The van der Waals surface area contributed by atoms with Gasteiger partial charge >= 0.3 is 12.1 Å². The minimum Gasteiger partial charge on any atom is -0.444 e. The number of carbonyl (C=O) groups excluding carboxylic acids is 3. The van der Waals surface area contributed by atoms with Gasteiger partial charge in [0.25, 0.3) is 5.91 Å². The summed E-state index contributed by atoms with van der Waals surface area (Å²) >= 11 is 1.28. The maximum absolute atomic E-state index is 12.9. The Morgan fingerprint density at radius 1 is 1.03 bits per heavy atom. The number of benzene rings is 2. The second-order valence-electron chi connectivity index (χ2n) is 8.30. The number of anilines is 3. The quantitative estimate of drug-likeness (QED) is 0.402. The number of nitrogens with one attached hydrogen (secondary N) is 4. The van der Waals surface area contributed by atoms with Crippen LogP contribution in [0, 0.1) is 6.92 Å². The molecule has 1 aromatic heterocycles. The topological polar surface area (TPSA) is 121 Å². The van der Waals surface area contributed by atoms with Crippen LogP contribution in [-0.4, -0.2) is 35.2 Å². The summed E-state index contributed by atoms with van der Waals surface area (Å²) < 4.78 is 6.04. The molecule has 3 aromatic rings. The molecule has 0 aliphatic heterocycles. The molecule has 0 fully saturated rings. The Morgan fingerprint density at radius 2 is 1.79 bits per heavy atom. The van der Waals surface area contributed by atoms with Crippen molar-refractivity contribution in [2.75, 3.05) is 22.5 Å². The Bertz CT molecular complexity index is 1200. The van der Waals surface area contributed by atoms with E-state index in [1.807, 2.05) is 13.8 Å². The van der Waals surface area contributed by atoms with E-state index in [0.717, 1.165) is 10.3 Å². The molecular weight excluding hydrogens is 442 g/mol. The first kappa shape index (κ1) is 24.0. The zero-order valence-electron chi connectivity index (χ0n) is 19.2. The lowest BCUT2D eigenvalue weighted by Gasteiger charge is -2.20. The summed E-state index contributed by atoms with van der Waals surface area (Å²) in [7, 11) is 0. The van der Waals surface area contributed by atoms with Crippen LogP contribution in [0.25, 0.3) is 10.2 Å². The normalized spacial score (nSPS) is 11.1. The van der Waals surface area contributed by atoms with Crippen LogP contribution >= 0.6 is 11.3 Å². The molecule has 0 unspecified atom stereocenters. The van der Waals surface area contributed by atoms with Gasteiger partial charge in [-0.3, -0.25) is 15.4 Å². The van der Waals surface area contributed by atoms with Crippen molar-refractivity contribution in [2.45, 2.75) is 40.2 Å². The number of aromatic nitrogens is 1. The number of hydrogen-bond acceptors (Lipinski definition) is 6. The Morgan fingerprint density at radius 3 is 2.48 bits per heavy atom. The number of amides is 4. The highest BCUT2D eigenvalue weighted by Crippen LogP contribution is 2.28. The molecule has 4 amide bonds. The Kier molecular flexibility index (Phi) is 7.17. The highest BCUT2D eigenvalue weighted by Gasteiger charge is 2.17. The molecule has 0 spiro atoms. The maximum atomic E-state index is 12.9. The van der Waals surface area contributed by atoms with Crippen LogP contribution < -0.4 is 21.3 Å².